The SMILES string of the molecule is C=C1C=C(C(=O)OC)CC(c2cc(Cl)c(F)c(Cl)c2)(C(F)(F)F)O1. The topological polar surface area (TPSA) is 35.5 Å². The highest BCUT2D eigenvalue weighted by atomic mass is 35.5. The molecular weight excluding hydrogens is 375 g/mol. The second-order valence-corrected chi connectivity index (χ2v) is 5.80. The van der Waals surface area contributed by atoms with Gasteiger partial charge in [-0.3, -0.25) is 0 Å². The maximum absolute atomic E-state index is 13.8. The molecule has 130 valence electrons. The van der Waals surface area contributed by atoms with Crippen LogP contribution in [0, 0.1) is 5.82 Å². The molecule has 0 fully saturated rings. The van der Waals surface area contributed by atoms with Crippen molar-refractivity contribution in [3.05, 3.63) is 57.5 Å². The van der Waals surface area contributed by atoms with Gasteiger partial charge >= 0.3 is 12.1 Å². The predicted octanol–water partition coefficient (Wildman–Crippen LogP) is 4.92. The van der Waals surface area contributed by atoms with Gasteiger partial charge in [0.05, 0.1) is 17.2 Å². The van der Waals surface area contributed by atoms with Crippen molar-refractivity contribution in [1.82, 2.24) is 0 Å². The minimum absolute atomic E-state index is 0.303. The molecule has 1 atom stereocenters. The fourth-order valence-electron chi connectivity index (χ4n) is 2.34. The molecule has 1 heterocycles. The fourth-order valence-corrected chi connectivity index (χ4v) is 2.82. The van der Waals surface area contributed by atoms with Crippen molar-refractivity contribution in [2.45, 2.75) is 18.2 Å². The first-order chi connectivity index (χ1) is 11.0. The molecule has 3 nitrogen and oxygen atoms in total. The lowest BCUT2D eigenvalue weighted by molar-refractivity contribution is -0.273. The number of carbonyl (C=O) groups is 1. The minimum Gasteiger partial charge on any atom is -0.473 e. The number of benzene rings is 1. The Morgan fingerprint density at radius 1 is 1.33 bits per heavy atom. The van der Waals surface area contributed by atoms with Crippen LogP contribution in [-0.4, -0.2) is 19.3 Å². The fraction of sp³-hybridized carbons (Fsp3) is 0.267. The Bertz CT molecular complexity index is 720. The van der Waals surface area contributed by atoms with E-state index in [1.807, 2.05) is 0 Å². The molecule has 24 heavy (non-hydrogen) atoms. The molecule has 0 radical (unpaired) electrons. The van der Waals surface area contributed by atoms with E-state index >= 15 is 0 Å². The average Bonchev–Trinajstić information content (AvgIpc) is 2.49. The smallest absolute Gasteiger partial charge is 0.432 e. The number of methoxy groups -OCH3 is 1. The lowest BCUT2D eigenvalue weighted by atomic mass is 9.84. The number of carbonyl (C=O) groups excluding carboxylic acids is 1. The van der Waals surface area contributed by atoms with Crippen LogP contribution in [-0.2, 0) is 19.9 Å². The summed E-state index contributed by atoms with van der Waals surface area (Å²) >= 11 is 11.2. The molecule has 1 aliphatic heterocycles. The van der Waals surface area contributed by atoms with Gasteiger partial charge in [0.25, 0.3) is 0 Å². The van der Waals surface area contributed by atoms with E-state index in [0.29, 0.717) is 0 Å². The number of halogens is 6. The van der Waals surface area contributed by atoms with Crippen molar-refractivity contribution in [2.24, 2.45) is 0 Å². The normalized spacial score (nSPS) is 21.1. The summed E-state index contributed by atoms with van der Waals surface area (Å²) in [5.41, 5.74) is -3.85. The first kappa shape index (κ1) is 18.6. The molecule has 1 unspecified atom stereocenters. The highest BCUT2D eigenvalue weighted by Gasteiger charge is 2.61. The molecule has 9 heteroatoms. The van der Waals surface area contributed by atoms with Crippen LogP contribution in [0.4, 0.5) is 17.6 Å². The highest BCUT2D eigenvalue weighted by molar-refractivity contribution is 6.35. The molecule has 1 aromatic rings. The van der Waals surface area contributed by atoms with E-state index in [1.165, 1.54) is 0 Å². The van der Waals surface area contributed by atoms with Crippen LogP contribution >= 0.6 is 23.2 Å². The van der Waals surface area contributed by atoms with E-state index in [0.717, 1.165) is 25.3 Å². The summed E-state index contributed by atoms with van der Waals surface area (Å²) < 4.78 is 64.5. The monoisotopic (exact) mass is 384 g/mol. The van der Waals surface area contributed by atoms with E-state index in [9.17, 15) is 22.4 Å². The van der Waals surface area contributed by atoms with Gasteiger partial charge < -0.3 is 9.47 Å². The predicted molar refractivity (Wildman–Crippen MR) is 79.1 cm³/mol. The Labute approximate surface area is 144 Å². The van der Waals surface area contributed by atoms with Crippen LogP contribution in [0.5, 0.6) is 0 Å². The van der Waals surface area contributed by atoms with Gasteiger partial charge in [-0.25, -0.2) is 9.18 Å². The molecule has 0 amide bonds. The molecule has 1 aromatic carbocycles. The third-order valence-corrected chi connectivity index (χ3v) is 3.99. The van der Waals surface area contributed by atoms with Gasteiger partial charge in [0.2, 0.25) is 5.60 Å². The van der Waals surface area contributed by atoms with Gasteiger partial charge in [0, 0.05) is 17.6 Å². The van der Waals surface area contributed by atoms with Crippen molar-refractivity contribution in [3.8, 4) is 0 Å². The quantitative estimate of drug-likeness (QED) is 0.412. The van der Waals surface area contributed by atoms with Gasteiger partial charge in [-0.05, 0) is 18.2 Å². The van der Waals surface area contributed by atoms with Gasteiger partial charge in [-0.15, -0.1) is 0 Å². The van der Waals surface area contributed by atoms with Crippen molar-refractivity contribution in [2.75, 3.05) is 7.11 Å². The van der Waals surface area contributed by atoms with Crippen molar-refractivity contribution in [1.29, 1.82) is 0 Å². The highest BCUT2D eigenvalue weighted by Crippen LogP contribution is 2.51. The van der Waals surface area contributed by atoms with Crippen LogP contribution in [0.25, 0.3) is 0 Å². The van der Waals surface area contributed by atoms with Crippen LogP contribution in [0.2, 0.25) is 10.0 Å². The first-order valence-electron chi connectivity index (χ1n) is 6.40. The van der Waals surface area contributed by atoms with E-state index < -0.39 is 51.4 Å². The van der Waals surface area contributed by atoms with Gasteiger partial charge in [-0.2, -0.15) is 13.2 Å². The summed E-state index contributed by atoms with van der Waals surface area (Å²) in [5.74, 6) is -2.43. The Morgan fingerprint density at radius 2 is 1.88 bits per heavy atom. The molecule has 0 bridgehead atoms. The van der Waals surface area contributed by atoms with Crippen molar-refractivity contribution < 1.29 is 31.8 Å². The number of allylic oxidation sites excluding steroid dienone is 1. The van der Waals surface area contributed by atoms with Crippen LogP contribution in [0.15, 0.2) is 36.1 Å². The second kappa shape index (κ2) is 6.29. The minimum atomic E-state index is -4.98. The number of esters is 1. The number of hydrogen-bond acceptors (Lipinski definition) is 3. The Balaban J connectivity index is 2.68. The molecule has 0 saturated carbocycles. The van der Waals surface area contributed by atoms with E-state index in [1.54, 1.807) is 0 Å². The number of alkyl halides is 3. The van der Waals surface area contributed by atoms with Crippen LogP contribution < -0.4 is 0 Å². The zero-order chi connectivity index (χ0) is 18.3. The van der Waals surface area contributed by atoms with Crippen LogP contribution in [0.1, 0.15) is 12.0 Å². The maximum atomic E-state index is 13.8. The van der Waals surface area contributed by atoms with Gasteiger partial charge in [-0.1, -0.05) is 29.8 Å². The van der Waals surface area contributed by atoms with E-state index in [-0.39, 0.29) is 5.57 Å². The standard InChI is InChI=1S/C15H10Cl2F4O3/c1-7-3-8(13(22)23-2)6-14(24-7,15(19,20)21)9-4-10(16)12(18)11(17)5-9/h3-5H,1,6H2,2H3. The summed E-state index contributed by atoms with van der Waals surface area (Å²) in [6.45, 7) is 3.33. The molecular formula is C15H10Cl2F4O3. The molecule has 1 aliphatic rings. The number of hydrogen-bond donors (Lipinski definition) is 0. The lowest BCUT2D eigenvalue weighted by Crippen LogP contribution is -2.47. The van der Waals surface area contributed by atoms with E-state index in [4.69, 9.17) is 27.9 Å². The summed E-state index contributed by atoms with van der Waals surface area (Å²) in [6, 6.07) is 1.51. The molecule has 0 aromatic heterocycles. The Hall–Kier alpha value is -1.73. The largest absolute Gasteiger partial charge is 0.473 e. The Kier molecular flexibility index (Phi) is 4.88. The third kappa shape index (κ3) is 3.10. The Morgan fingerprint density at radius 3 is 2.33 bits per heavy atom. The summed E-state index contributed by atoms with van der Waals surface area (Å²) in [4.78, 5) is 11.7. The molecule has 0 spiro atoms. The number of rotatable bonds is 2. The van der Waals surface area contributed by atoms with Crippen molar-refractivity contribution >= 4 is 29.2 Å². The summed E-state index contributed by atoms with van der Waals surface area (Å²) in [6.07, 6.45) is -4.84. The molecule has 0 saturated heterocycles. The molecule has 2 rings (SSSR count). The van der Waals surface area contributed by atoms with Gasteiger partial charge in [0.1, 0.15) is 5.76 Å². The second-order valence-electron chi connectivity index (χ2n) is 4.98. The first-order valence-corrected chi connectivity index (χ1v) is 7.16. The summed E-state index contributed by atoms with van der Waals surface area (Å²) in [7, 11) is 1.03. The third-order valence-electron chi connectivity index (χ3n) is 3.44. The lowest BCUT2D eigenvalue weighted by Gasteiger charge is -2.39. The average molecular weight is 385 g/mol. The molecule has 0 N–H and O–H groups in total. The van der Waals surface area contributed by atoms with Crippen molar-refractivity contribution in [3.63, 3.8) is 0 Å². The summed E-state index contributed by atoms with van der Waals surface area (Å²) in [5, 5.41) is -1.21. The maximum Gasteiger partial charge on any atom is 0.432 e. The van der Waals surface area contributed by atoms with Crippen LogP contribution in [0.3, 0.4) is 0 Å². The molecule has 0 aliphatic carbocycles. The van der Waals surface area contributed by atoms with E-state index in [2.05, 4.69) is 11.3 Å². The zero-order valence-electron chi connectivity index (χ0n) is 12.1. The van der Waals surface area contributed by atoms with Gasteiger partial charge in [0.15, 0.2) is 5.82 Å². The number of ether oxygens (including phenoxy) is 2. The zero-order valence-corrected chi connectivity index (χ0v) is 13.7.